The summed E-state index contributed by atoms with van der Waals surface area (Å²) in [5.74, 6) is 3.11. The molecular weight excluding hydrogens is 468 g/mol. The highest BCUT2D eigenvalue weighted by molar-refractivity contribution is 6.30. The molecule has 1 aliphatic heterocycles. The van der Waals surface area contributed by atoms with Gasteiger partial charge in [0.1, 0.15) is 12.4 Å². The number of nitrogens with one attached hydrogen (secondary N) is 2. The number of anilines is 3. The molecule has 3 heterocycles. The predicted octanol–water partition coefficient (Wildman–Crippen LogP) is 2.82. The highest BCUT2D eigenvalue weighted by atomic mass is 35.5. The molecule has 3 aromatic rings. The summed E-state index contributed by atoms with van der Waals surface area (Å²) in [5.41, 5.74) is 2.58. The van der Waals surface area contributed by atoms with Gasteiger partial charge in [0.2, 0.25) is 17.8 Å². The van der Waals surface area contributed by atoms with E-state index in [0.717, 1.165) is 44.6 Å². The van der Waals surface area contributed by atoms with Crippen LogP contribution in [0.2, 0.25) is 5.02 Å². The molecule has 2 N–H and O–H groups in total. The molecule has 0 radical (unpaired) electrons. The van der Waals surface area contributed by atoms with Crippen molar-refractivity contribution < 1.29 is 9.47 Å². The van der Waals surface area contributed by atoms with Crippen LogP contribution < -0.4 is 19.9 Å². The molecule has 186 valence electrons. The first-order valence-corrected chi connectivity index (χ1v) is 12.4. The van der Waals surface area contributed by atoms with Gasteiger partial charge in [0, 0.05) is 37.4 Å². The summed E-state index contributed by atoms with van der Waals surface area (Å²) in [7, 11) is 1.96. The van der Waals surface area contributed by atoms with E-state index in [2.05, 4.69) is 20.4 Å². The van der Waals surface area contributed by atoms with E-state index >= 15 is 0 Å². The van der Waals surface area contributed by atoms with Gasteiger partial charge in [-0.1, -0.05) is 17.7 Å². The second-order valence-electron chi connectivity index (χ2n) is 8.95. The van der Waals surface area contributed by atoms with Gasteiger partial charge in [-0.15, -0.1) is 0 Å². The monoisotopic (exact) mass is 498 g/mol. The van der Waals surface area contributed by atoms with Gasteiger partial charge in [0.25, 0.3) is 0 Å². The molecular formula is C24H31ClN8O2. The molecule has 1 saturated heterocycles. The Bertz CT molecular complexity index is 1120. The third kappa shape index (κ3) is 6.12. The molecule has 0 spiro atoms. The Morgan fingerprint density at radius 1 is 1.26 bits per heavy atom. The van der Waals surface area contributed by atoms with Gasteiger partial charge < -0.3 is 24.6 Å². The molecule has 10 nitrogen and oxygen atoms in total. The predicted molar refractivity (Wildman–Crippen MR) is 136 cm³/mol. The molecule has 35 heavy (non-hydrogen) atoms. The first-order valence-electron chi connectivity index (χ1n) is 12.1. The summed E-state index contributed by atoms with van der Waals surface area (Å²) in [4.78, 5) is 18.4. The number of aromatic nitrogens is 5. The second-order valence-corrected chi connectivity index (χ2v) is 9.39. The number of rotatable bonds is 9. The third-order valence-electron chi connectivity index (χ3n) is 6.41. The van der Waals surface area contributed by atoms with Gasteiger partial charge in [0.05, 0.1) is 26.0 Å². The fourth-order valence-electron chi connectivity index (χ4n) is 4.36. The average molecular weight is 499 g/mol. The van der Waals surface area contributed by atoms with Crippen LogP contribution in [-0.4, -0.2) is 78.2 Å². The normalized spacial score (nSPS) is 17.7. The molecule has 1 aliphatic carbocycles. The van der Waals surface area contributed by atoms with E-state index in [1.165, 1.54) is 11.3 Å². The van der Waals surface area contributed by atoms with Gasteiger partial charge in [-0.25, -0.2) is 0 Å². The third-order valence-corrected chi connectivity index (χ3v) is 6.64. The number of likely N-dealkylation sites (N-methyl/N-ethyl adjacent to an activating group) is 1. The molecule has 5 rings (SSSR count). The molecule has 2 aliphatic rings. The van der Waals surface area contributed by atoms with E-state index < -0.39 is 0 Å². The number of hydrogen-bond acceptors (Lipinski definition) is 9. The lowest BCUT2D eigenvalue weighted by molar-refractivity contribution is 0.122. The van der Waals surface area contributed by atoms with Gasteiger partial charge in [-0.3, -0.25) is 5.10 Å². The number of fused-ring (bicyclic) bond motifs is 1. The Hall–Kier alpha value is -3.11. The van der Waals surface area contributed by atoms with Crippen molar-refractivity contribution in [2.75, 3.05) is 68.2 Å². The van der Waals surface area contributed by atoms with Crippen LogP contribution >= 0.6 is 11.6 Å². The first kappa shape index (κ1) is 23.6. The average Bonchev–Trinajstić information content (AvgIpc) is 3.36. The molecule has 2 aromatic heterocycles. The quantitative estimate of drug-likeness (QED) is 0.460. The van der Waals surface area contributed by atoms with Gasteiger partial charge in [-0.05, 0) is 48.9 Å². The molecule has 1 fully saturated rings. The Morgan fingerprint density at radius 3 is 3.00 bits per heavy atom. The van der Waals surface area contributed by atoms with E-state index in [1.807, 2.05) is 36.3 Å². The zero-order valence-electron chi connectivity index (χ0n) is 19.9. The maximum atomic E-state index is 6.05. The number of aromatic amines is 1. The van der Waals surface area contributed by atoms with E-state index in [1.54, 1.807) is 6.07 Å². The zero-order chi connectivity index (χ0) is 24.0. The summed E-state index contributed by atoms with van der Waals surface area (Å²) >= 11 is 6.05. The van der Waals surface area contributed by atoms with E-state index in [0.29, 0.717) is 55.2 Å². The summed E-state index contributed by atoms with van der Waals surface area (Å²) in [6, 6.07) is 7.40. The Labute approximate surface area is 210 Å². The molecule has 11 heteroatoms. The number of benzene rings is 1. The Balaban J connectivity index is 1.25. The molecule has 1 atom stereocenters. The number of H-pyrrole nitrogens is 1. The SMILES string of the molecule is CN(CCOc1cccc(Cl)c1)c1nc(NCC2CCc3cn[nH]c3C2)nc(N2CCOCC2)n1. The van der Waals surface area contributed by atoms with Gasteiger partial charge in [0.15, 0.2) is 0 Å². The number of morpholine rings is 1. The van der Waals surface area contributed by atoms with Crippen LogP contribution in [0.5, 0.6) is 5.75 Å². The highest BCUT2D eigenvalue weighted by Gasteiger charge is 2.22. The maximum Gasteiger partial charge on any atom is 0.232 e. The van der Waals surface area contributed by atoms with Crippen molar-refractivity contribution in [1.82, 2.24) is 25.1 Å². The summed E-state index contributed by atoms with van der Waals surface area (Å²) in [5, 5.41) is 11.4. The van der Waals surface area contributed by atoms with E-state index in [9.17, 15) is 0 Å². The van der Waals surface area contributed by atoms with Crippen molar-refractivity contribution >= 4 is 29.4 Å². The number of aryl methyl sites for hydroxylation is 1. The minimum Gasteiger partial charge on any atom is -0.492 e. The van der Waals surface area contributed by atoms with Crippen LogP contribution in [0, 0.1) is 5.92 Å². The van der Waals surface area contributed by atoms with Crippen molar-refractivity contribution in [1.29, 1.82) is 0 Å². The molecule has 0 saturated carbocycles. The van der Waals surface area contributed by atoms with Crippen LogP contribution in [-0.2, 0) is 17.6 Å². The summed E-state index contributed by atoms with van der Waals surface area (Å²) < 4.78 is 11.4. The fraction of sp³-hybridized carbons (Fsp3) is 0.500. The summed E-state index contributed by atoms with van der Waals surface area (Å²) in [6.07, 6.45) is 5.10. The summed E-state index contributed by atoms with van der Waals surface area (Å²) in [6.45, 7) is 4.75. The highest BCUT2D eigenvalue weighted by Crippen LogP contribution is 2.24. The standard InChI is InChI=1S/C24H31ClN8O2/c1-32(7-12-35-20-4-2-3-19(25)14-20)23-28-22(29-24(30-23)33-8-10-34-11-9-33)26-15-17-5-6-18-16-27-31-21(18)13-17/h2-4,14,16-17H,5-13,15H2,1H3,(H,27,31)(H,26,28,29,30). The van der Waals surface area contributed by atoms with Gasteiger partial charge >= 0.3 is 0 Å². The number of nitrogens with zero attached hydrogens (tertiary/aromatic N) is 6. The topological polar surface area (TPSA) is 104 Å². The van der Waals surface area contributed by atoms with Gasteiger partial charge in [-0.2, -0.15) is 20.1 Å². The minimum absolute atomic E-state index is 0.479. The lowest BCUT2D eigenvalue weighted by Crippen LogP contribution is -2.38. The van der Waals surface area contributed by atoms with Crippen LogP contribution in [0.15, 0.2) is 30.5 Å². The molecule has 1 aromatic carbocycles. The second kappa shape index (κ2) is 11.1. The van der Waals surface area contributed by atoms with Crippen molar-refractivity contribution in [3.63, 3.8) is 0 Å². The van der Waals surface area contributed by atoms with Crippen molar-refractivity contribution in [2.45, 2.75) is 19.3 Å². The molecule has 0 bridgehead atoms. The van der Waals surface area contributed by atoms with Crippen molar-refractivity contribution in [2.24, 2.45) is 5.92 Å². The number of hydrogen-bond donors (Lipinski definition) is 2. The van der Waals surface area contributed by atoms with Crippen LogP contribution in [0.4, 0.5) is 17.8 Å². The van der Waals surface area contributed by atoms with E-state index in [-0.39, 0.29) is 0 Å². The maximum absolute atomic E-state index is 6.05. The van der Waals surface area contributed by atoms with Crippen LogP contribution in [0.3, 0.4) is 0 Å². The Morgan fingerprint density at radius 2 is 2.14 bits per heavy atom. The lowest BCUT2D eigenvalue weighted by atomic mass is 9.88. The largest absolute Gasteiger partial charge is 0.492 e. The number of ether oxygens (including phenoxy) is 2. The van der Waals surface area contributed by atoms with E-state index in [4.69, 9.17) is 36.0 Å². The first-order chi connectivity index (χ1) is 17.1. The Kier molecular flexibility index (Phi) is 7.48. The smallest absolute Gasteiger partial charge is 0.232 e. The van der Waals surface area contributed by atoms with Crippen molar-refractivity contribution in [3.05, 3.63) is 46.7 Å². The molecule has 0 amide bonds. The zero-order valence-corrected chi connectivity index (χ0v) is 20.7. The van der Waals surface area contributed by atoms with Crippen LogP contribution in [0.1, 0.15) is 17.7 Å². The number of halogens is 1. The van der Waals surface area contributed by atoms with Crippen LogP contribution in [0.25, 0.3) is 0 Å². The van der Waals surface area contributed by atoms with Crippen molar-refractivity contribution in [3.8, 4) is 5.75 Å². The fourth-order valence-corrected chi connectivity index (χ4v) is 4.54. The molecule has 1 unspecified atom stereocenters. The minimum atomic E-state index is 0.479. The lowest BCUT2D eigenvalue weighted by Gasteiger charge is -2.28.